The van der Waals surface area contributed by atoms with E-state index in [9.17, 15) is 9.59 Å². The van der Waals surface area contributed by atoms with Gasteiger partial charge in [-0.1, -0.05) is 18.2 Å². The second kappa shape index (κ2) is 3.73. The van der Waals surface area contributed by atoms with Gasteiger partial charge in [0.05, 0.1) is 13.1 Å². The summed E-state index contributed by atoms with van der Waals surface area (Å²) >= 11 is 0. The number of hydrogen-bond acceptors (Lipinski definition) is 3. The first-order chi connectivity index (χ1) is 7.18. The number of anilines is 1. The second-order valence-electron chi connectivity index (χ2n) is 3.54. The number of imide groups is 1. The fourth-order valence-electron chi connectivity index (χ4n) is 1.56. The third-order valence-corrected chi connectivity index (χ3v) is 2.52. The predicted molar refractivity (Wildman–Crippen MR) is 56.4 cm³/mol. The van der Waals surface area contributed by atoms with Gasteiger partial charge in [0, 0.05) is 12.7 Å². The molecule has 0 bridgehead atoms. The molecule has 0 unspecified atom stereocenters. The Kier molecular flexibility index (Phi) is 2.41. The lowest BCUT2D eigenvalue weighted by Gasteiger charge is -2.31. The number of benzene rings is 1. The van der Waals surface area contributed by atoms with Crippen molar-refractivity contribution >= 4 is 17.5 Å². The summed E-state index contributed by atoms with van der Waals surface area (Å²) in [6, 6.07) is 9.48. The van der Waals surface area contributed by atoms with Crippen LogP contribution in [0, 0.1) is 0 Å². The first-order valence-corrected chi connectivity index (χ1v) is 4.78. The van der Waals surface area contributed by atoms with Crippen LogP contribution in [0.25, 0.3) is 0 Å². The summed E-state index contributed by atoms with van der Waals surface area (Å²) in [6.45, 7) is 0.540. The molecule has 1 heterocycles. The van der Waals surface area contributed by atoms with Crippen LogP contribution < -0.4 is 4.90 Å². The lowest BCUT2D eigenvalue weighted by Crippen LogP contribution is -2.52. The van der Waals surface area contributed by atoms with Crippen molar-refractivity contribution in [3.63, 3.8) is 0 Å². The normalized spacial score (nSPS) is 17.1. The highest BCUT2D eigenvalue weighted by molar-refractivity contribution is 6.02. The van der Waals surface area contributed by atoms with E-state index in [2.05, 4.69) is 0 Å². The van der Waals surface area contributed by atoms with Gasteiger partial charge in [0.2, 0.25) is 11.8 Å². The molecule has 0 saturated carbocycles. The van der Waals surface area contributed by atoms with Crippen molar-refractivity contribution in [2.45, 2.75) is 0 Å². The standard InChI is InChI=1S/C11H12N2O2/c1-12-10(14)7-13(8-11(12)15)9-5-3-2-4-6-9/h2-6H,7-8H2,1H3. The van der Waals surface area contributed by atoms with Gasteiger partial charge < -0.3 is 4.90 Å². The monoisotopic (exact) mass is 204 g/mol. The van der Waals surface area contributed by atoms with Gasteiger partial charge in [-0.2, -0.15) is 0 Å². The van der Waals surface area contributed by atoms with Gasteiger partial charge >= 0.3 is 0 Å². The van der Waals surface area contributed by atoms with Gasteiger partial charge in [0.1, 0.15) is 0 Å². The van der Waals surface area contributed by atoms with E-state index in [0.29, 0.717) is 0 Å². The molecular weight excluding hydrogens is 192 g/mol. The lowest BCUT2D eigenvalue weighted by atomic mass is 10.2. The van der Waals surface area contributed by atoms with Crippen LogP contribution in [0.3, 0.4) is 0 Å². The van der Waals surface area contributed by atoms with Crippen molar-refractivity contribution in [3.8, 4) is 0 Å². The number of carbonyl (C=O) groups excluding carboxylic acids is 2. The van der Waals surface area contributed by atoms with Gasteiger partial charge in [-0.15, -0.1) is 0 Å². The van der Waals surface area contributed by atoms with Gasteiger partial charge in [-0.05, 0) is 12.1 Å². The van der Waals surface area contributed by atoms with E-state index < -0.39 is 0 Å². The summed E-state index contributed by atoms with van der Waals surface area (Å²) in [6.07, 6.45) is 0. The molecule has 0 atom stereocenters. The zero-order valence-electron chi connectivity index (χ0n) is 8.51. The highest BCUT2D eigenvalue weighted by atomic mass is 16.2. The first kappa shape index (κ1) is 9.71. The van der Waals surface area contributed by atoms with Crippen molar-refractivity contribution < 1.29 is 9.59 Å². The Morgan fingerprint density at radius 2 is 1.53 bits per heavy atom. The quantitative estimate of drug-likeness (QED) is 0.625. The SMILES string of the molecule is CN1C(=O)CN(c2ccccc2)CC1=O. The zero-order chi connectivity index (χ0) is 10.8. The second-order valence-corrected chi connectivity index (χ2v) is 3.54. The molecule has 1 aromatic rings. The Balaban J connectivity index is 2.20. The van der Waals surface area contributed by atoms with Crippen molar-refractivity contribution in [2.24, 2.45) is 0 Å². The van der Waals surface area contributed by atoms with Gasteiger partial charge in [0.25, 0.3) is 0 Å². The average Bonchev–Trinajstić information content (AvgIpc) is 2.26. The molecule has 0 spiro atoms. The molecule has 0 aromatic heterocycles. The van der Waals surface area contributed by atoms with Gasteiger partial charge in [0.15, 0.2) is 0 Å². The Labute approximate surface area is 88.1 Å². The number of nitrogens with zero attached hydrogens (tertiary/aromatic N) is 2. The number of likely N-dealkylation sites (N-methyl/N-ethyl adjacent to an activating group) is 1. The van der Waals surface area contributed by atoms with Crippen LogP contribution >= 0.6 is 0 Å². The number of hydrogen-bond donors (Lipinski definition) is 0. The molecule has 2 rings (SSSR count). The molecule has 0 radical (unpaired) electrons. The Morgan fingerprint density at radius 1 is 1.00 bits per heavy atom. The summed E-state index contributed by atoms with van der Waals surface area (Å²) in [5.41, 5.74) is 0.910. The van der Waals surface area contributed by atoms with Gasteiger partial charge in [-0.3, -0.25) is 14.5 Å². The number of amides is 2. The third kappa shape index (κ3) is 1.83. The molecule has 1 aliphatic heterocycles. The molecule has 1 saturated heterocycles. The molecule has 0 N–H and O–H groups in total. The summed E-state index contributed by atoms with van der Waals surface area (Å²) in [5, 5.41) is 0. The molecular formula is C11H12N2O2. The van der Waals surface area contributed by atoms with E-state index in [-0.39, 0.29) is 24.9 Å². The molecule has 78 valence electrons. The fourth-order valence-corrected chi connectivity index (χ4v) is 1.56. The third-order valence-electron chi connectivity index (χ3n) is 2.52. The van der Waals surface area contributed by atoms with Crippen LogP contribution in [0.1, 0.15) is 0 Å². The lowest BCUT2D eigenvalue weighted by molar-refractivity contribution is -0.143. The zero-order valence-corrected chi connectivity index (χ0v) is 8.51. The van der Waals surface area contributed by atoms with Crippen LogP contribution in [0.15, 0.2) is 30.3 Å². The summed E-state index contributed by atoms with van der Waals surface area (Å²) in [5.74, 6) is -0.315. The Morgan fingerprint density at radius 3 is 2.07 bits per heavy atom. The maximum Gasteiger partial charge on any atom is 0.248 e. The van der Waals surface area contributed by atoms with Crippen molar-refractivity contribution in [1.29, 1.82) is 0 Å². The minimum atomic E-state index is -0.157. The van der Waals surface area contributed by atoms with Crippen LogP contribution in [-0.4, -0.2) is 36.9 Å². The number of para-hydroxylation sites is 1. The minimum absolute atomic E-state index is 0.157. The number of piperazine rings is 1. The molecule has 0 aliphatic carbocycles. The van der Waals surface area contributed by atoms with E-state index in [1.54, 1.807) is 4.90 Å². The molecule has 4 nitrogen and oxygen atoms in total. The van der Waals surface area contributed by atoms with E-state index in [4.69, 9.17) is 0 Å². The largest absolute Gasteiger partial charge is 0.353 e. The number of rotatable bonds is 1. The van der Waals surface area contributed by atoms with E-state index in [1.165, 1.54) is 11.9 Å². The van der Waals surface area contributed by atoms with Crippen molar-refractivity contribution in [1.82, 2.24) is 4.90 Å². The Hall–Kier alpha value is -1.84. The van der Waals surface area contributed by atoms with E-state index in [1.807, 2.05) is 30.3 Å². The fraction of sp³-hybridized carbons (Fsp3) is 0.273. The smallest absolute Gasteiger partial charge is 0.248 e. The molecule has 1 aliphatic rings. The van der Waals surface area contributed by atoms with E-state index in [0.717, 1.165) is 5.69 Å². The highest BCUT2D eigenvalue weighted by Crippen LogP contribution is 2.15. The first-order valence-electron chi connectivity index (χ1n) is 4.78. The van der Waals surface area contributed by atoms with Crippen LogP contribution in [0.4, 0.5) is 5.69 Å². The van der Waals surface area contributed by atoms with Crippen LogP contribution in [0.2, 0.25) is 0 Å². The van der Waals surface area contributed by atoms with E-state index >= 15 is 0 Å². The molecule has 4 heteroatoms. The summed E-state index contributed by atoms with van der Waals surface area (Å²) in [7, 11) is 1.52. The maximum atomic E-state index is 11.5. The number of carbonyl (C=O) groups is 2. The highest BCUT2D eigenvalue weighted by Gasteiger charge is 2.27. The molecule has 1 fully saturated rings. The Bertz CT molecular complexity index is 371. The summed E-state index contributed by atoms with van der Waals surface area (Å²) in [4.78, 5) is 25.9. The van der Waals surface area contributed by atoms with Crippen molar-refractivity contribution in [3.05, 3.63) is 30.3 Å². The summed E-state index contributed by atoms with van der Waals surface area (Å²) < 4.78 is 0. The van der Waals surface area contributed by atoms with Crippen LogP contribution in [0.5, 0.6) is 0 Å². The van der Waals surface area contributed by atoms with Gasteiger partial charge in [-0.25, -0.2) is 0 Å². The van der Waals surface area contributed by atoms with Crippen molar-refractivity contribution in [2.75, 3.05) is 25.0 Å². The van der Waals surface area contributed by atoms with Crippen LogP contribution in [-0.2, 0) is 9.59 Å². The molecule has 15 heavy (non-hydrogen) atoms. The topological polar surface area (TPSA) is 40.6 Å². The predicted octanol–water partition coefficient (Wildman–Crippen LogP) is 0.492. The molecule has 1 aromatic carbocycles. The maximum absolute atomic E-state index is 11.5. The molecule has 2 amide bonds. The average molecular weight is 204 g/mol. The minimum Gasteiger partial charge on any atom is -0.353 e.